The fraction of sp³-hybridized carbons (Fsp3) is 0.333. The zero-order chi connectivity index (χ0) is 16.6. The lowest BCUT2D eigenvalue weighted by Crippen LogP contribution is -2.14. The molecule has 1 saturated carbocycles. The number of hydrogen-bond donors (Lipinski definition) is 3. The summed E-state index contributed by atoms with van der Waals surface area (Å²) >= 11 is 0. The molecule has 4 N–H and O–H groups in total. The molecule has 1 aromatic heterocycles. The summed E-state index contributed by atoms with van der Waals surface area (Å²) in [7, 11) is 0. The van der Waals surface area contributed by atoms with Gasteiger partial charge in [0.1, 0.15) is 0 Å². The highest BCUT2D eigenvalue weighted by molar-refractivity contribution is 6.03. The van der Waals surface area contributed by atoms with Crippen LogP contribution in [0.1, 0.15) is 46.1 Å². The molecule has 0 unspecified atom stereocenters. The standard InChI is InChI=1S/C15H15F3N4O.ClH/c16-15(17,18)10-3-8(7-19)4-11(5-10)20-14(23)13-6-12(21-22-13)9-1-2-9;/h3-6,9H,1-2,7,19H2,(H,20,23)(H,21,22);1H. The van der Waals surface area contributed by atoms with Crippen LogP contribution in [0.5, 0.6) is 0 Å². The van der Waals surface area contributed by atoms with Crippen LogP contribution in [0, 0.1) is 0 Å². The van der Waals surface area contributed by atoms with Crippen molar-refractivity contribution in [1.29, 1.82) is 0 Å². The number of nitrogens with zero attached hydrogens (tertiary/aromatic N) is 1. The van der Waals surface area contributed by atoms with Gasteiger partial charge in [0.2, 0.25) is 0 Å². The SMILES string of the molecule is Cl.NCc1cc(NC(=O)c2cc(C3CC3)[nH]n2)cc(C(F)(F)F)c1. The predicted octanol–water partition coefficient (Wildman–Crippen LogP) is 3.44. The Morgan fingerprint density at radius 1 is 1.29 bits per heavy atom. The number of nitrogens with two attached hydrogens (primary N) is 1. The van der Waals surface area contributed by atoms with Crippen molar-refractivity contribution in [2.45, 2.75) is 31.5 Å². The Morgan fingerprint density at radius 3 is 2.58 bits per heavy atom. The third-order valence-corrected chi connectivity index (χ3v) is 3.66. The molecule has 1 amide bonds. The first-order valence-corrected chi connectivity index (χ1v) is 7.14. The number of carbonyl (C=O) groups is 1. The van der Waals surface area contributed by atoms with E-state index in [0.29, 0.717) is 5.92 Å². The van der Waals surface area contributed by atoms with Crippen molar-refractivity contribution in [3.05, 3.63) is 46.8 Å². The fourth-order valence-electron chi connectivity index (χ4n) is 2.30. The first kappa shape index (κ1) is 18.3. The normalized spacial score (nSPS) is 14.2. The minimum absolute atomic E-state index is 0. The Balaban J connectivity index is 0.00000208. The molecular formula is C15H16ClF3N4O. The van der Waals surface area contributed by atoms with Crippen LogP contribution in [-0.4, -0.2) is 16.1 Å². The van der Waals surface area contributed by atoms with Gasteiger partial charge < -0.3 is 11.1 Å². The van der Waals surface area contributed by atoms with E-state index in [1.807, 2.05) is 0 Å². The van der Waals surface area contributed by atoms with Crippen LogP contribution in [0.15, 0.2) is 24.3 Å². The molecule has 1 fully saturated rings. The number of alkyl halides is 3. The van der Waals surface area contributed by atoms with Gasteiger partial charge in [-0.05, 0) is 42.7 Å². The maximum absolute atomic E-state index is 12.9. The van der Waals surface area contributed by atoms with Crippen molar-refractivity contribution >= 4 is 24.0 Å². The largest absolute Gasteiger partial charge is 0.416 e. The predicted molar refractivity (Wildman–Crippen MR) is 85.1 cm³/mol. The summed E-state index contributed by atoms with van der Waals surface area (Å²) in [6.45, 7) is -0.0545. The number of benzene rings is 1. The third-order valence-electron chi connectivity index (χ3n) is 3.66. The molecule has 1 aliphatic carbocycles. The van der Waals surface area contributed by atoms with Gasteiger partial charge in [0.05, 0.1) is 5.56 Å². The molecule has 3 rings (SSSR count). The van der Waals surface area contributed by atoms with E-state index in [1.54, 1.807) is 6.07 Å². The number of anilines is 1. The Labute approximate surface area is 142 Å². The summed E-state index contributed by atoms with van der Waals surface area (Å²) in [6, 6.07) is 4.90. The molecular weight excluding hydrogens is 345 g/mol. The molecule has 0 spiro atoms. The molecule has 0 atom stereocenters. The van der Waals surface area contributed by atoms with Crippen LogP contribution in [0.25, 0.3) is 0 Å². The van der Waals surface area contributed by atoms with Crippen molar-refractivity contribution in [1.82, 2.24) is 10.2 Å². The monoisotopic (exact) mass is 360 g/mol. The molecule has 0 bridgehead atoms. The van der Waals surface area contributed by atoms with Crippen LogP contribution in [0.2, 0.25) is 0 Å². The van der Waals surface area contributed by atoms with Gasteiger partial charge in [-0.25, -0.2) is 0 Å². The summed E-state index contributed by atoms with van der Waals surface area (Å²) in [5.74, 6) is -0.156. The third kappa shape index (κ3) is 4.07. The molecule has 9 heteroatoms. The number of carbonyl (C=O) groups excluding carboxylic acids is 1. The number of halogens is 4. The van der Waals surface area contributed by atoms with Crippen molar-refractivity contribution in [3.8, 4) is 0 Å². The molecule has 1 aliphatic rings. The number of rotatable bonds is 4. The Kier molecular flexibility index (Phi) is 5.19. The maximum Gasteiger partial charge on any atom is 0.416 e. The molecule has 0 aliphatic heterocycles. The van der Waals surface area contributed by atoms with E-state index in [0.717, 1.165) is 30.7 Å². The number of H-pyrrole nitrogens is 1. The van der Waals surface area contributed by atoms with Gasteiger partial charge in [0.15, 0.2) is 5.69 Å². The smallest absolute Gasteiger partial charge is 0.326 e. The van der Waals surface area contributed by atoms with E-state index in [1.165, 1.54) is 6.07 Å². The lowest BCUT2D eigenvalue weighted by Gasteiger charge is -2.12. The van der Waals surface area contributed by atoms with Gasteiger partial charge in [-0.2, -0.15) is 18.3 Å². The highest BCUT2D eigenvalue weighted by atomic mass is 35.5. The summed E-state index contributed by atoms with van der Waals surface area (Å²) in [5, 5.41) is 9.13. The highest BCUT2D eigenvalue weighted by Gasteiger charge is 2.31. The molecule has 5 nitrogen and oxygen atoms in total. The van der Waals surface area contributed by atoms with Gasteiger partial charge in [-0.1, -0.05) is 0 Å². The van der Waals surface area contributed by atoms with Crippen molar-refractivity contribution in [2.75, 3.05) is 5.32 Å². The second-order valence-corrected chi connectivity index (χ2v) is 5.56. The summed E-state index contributed by atoms with van der Waals surface area (Å²) in [4.78, 5) is 12.1. The van der Waals surface area contributed by atoms with Crippen LogP contribution < -0.4 is 11.1 Å². The van der Waals surface area contributed by atoms with Crippen LogP contribution >= 0.6 is 12.4 Å². The van der Waals surface area contributed by atoms with Gasteiger partial charge in [-0.15, -0.1) is 12.4 Å². The fourth-order valence-corrected chi connectivity index (χ4v) is 2.30. The molecule has 0 saturated heterocycles. The van der Waals surface area contributed by atoms with E-state index >= 15 is 0 Å². The minimum Gasteiger partial charge on any atom is -0.326 e. The average Bonchev–Trinajstić information content (AvgIpc) is 3.23. The van der Waals surface area contributed by atoms with E-state index in [4.69, 9.17) is 5.73 Å². The van der Waals surface area contributed by atoms with Gasteiger partial charge in [0.25, 0.3) is 5.91 Å². The van der Waals surface area contributed by atoms with Gasteiger partial charge in [-0.3, -0.25) is 9.89 Å². The Morgan fingerprint density at radius 2 is 2.00 bits per heavy atom. The number of hydrogen-bond acceptors (Lipinski definition) is 3. The number of nitrogens with one attached hydrogen (secondary N) is 2. The molecule has 0 radical (unpaired) electrons. The van der Waals surface area contributed by atoms with Gasteiger partial charge >= 0.3 is 6.18 Å². The Bertz CT molecular complexity index is 741. The van der Waals surface area contributed by atoms with Crippen LogP contribution in [0.4, 0.5) is 18.9 Å². The topological polar surface area (TPSA) is 83.8 Å². The molecule has 1 aromatic carbocycles. The Hall–Kier alpha value is -2.06. The van der Waals surface area contributed by atoms with E-state index in [-0.39, 0.29) is 35.9 Å². The van der Waals surface area contributed by atoms with Crippen molar-refractivity contribution < 1.29 is 18.0 Å². The zero-order valence-corrected chi connectivity index (χ0v) is 13.3. The number of aromatic nitrogens is 2. The lowest BCUT2D eigenvalue weighted by molar-refractivity contribution is -0.137. The van der Waals surface area contributed by atoms with Crippen molar-refractivity contribution in [2.24, 2.45) is 5.73 Å². The van der Waals surface area contributed by atoms with Crippen LogP contribution in [-0.2, 0) is 12.7 Å². The second-order valence-electron chi connectivity index (χ2n) is 5.56. The molecule has 2 aromatic rings. The summed E-state index contributed by atoms with van der Waals surface area (Å²) in [6.07, 6.45) is -2.40. The van der Waals surface area contributed by atoms with E-state index < -0.39 is 17.6 Å². The summed E-state index contributed by atoms with van der Waals surface area (Å²) < 4.78 is 38.6. The summed E-state index contributed by atoms with van der Waals surface area (Å²) in [5.41, 5.74) is 5.93. The average molecular weight is 361 g/mol. The maximum atomic E-state index is 12.9. The van der Waals surface area contributed by atoms with E-state index in [9.17, 15) is 18.0 Å². The minimum atomic E-state index is -4.50. The molecule has 24 heavy (non-hydrogen) atoms. The quantitative estimate of drug-likeness (QED) is 0.781. The molecule has 130 valence electrons. The second kappa shape index (κ2) is 6.82. The molecule has 1 heterocycles. The lowest BCUT2D eigenvalue weighted by atomic mass is 10.1. The highest BCUT2D eigenvalue weighted by Crippen LogP contribution is 2.39. The van der Waals surface area contributed by atoms with E-state index in [2.05, 4.69) is 15.5 Å². The number of aromatic amines is 1. The van der Waals surface area contributed by atoms with Crippen LogP contribution in [0.3, 0.4) is 0 Å². The van der Waals surface area contributed by atoms with Gasteiger partial charge in [0, 0.05) is 23.8 Å². The first-order valence-electron chi connectivity index (χ1n) is 7.14. The van der Waals surface area contributed by atoms with Crippen molar-refractivity contribution in [3.63, 3.8) is 0 Å². The number of amides is 1. The zero-order valence-electron chi connectivity index (χ0n) is 12.5. The first-order chi connectivity index (χ1) is 10.9.